The summed E-state index contributed by atoms with van der Waals surface area (Å²) in [6.45, 7) is 3.91. The van der Waals surface area contributed by atoms with Gasteiger partial charge in [0, 0.05) is 21.3 Å². The molecular weight excluding hydrogens is 359 g/mol. The molecule has 0 spiro atoms. The molecule has 0 bridgehead atoms. The summed E-state index contributed by atoms with van der Waals surface area (Å²) in [6.07, 6.45) is 0.695. The van der Waals surface area contributed by atoms with Gasteiger partial charge in [0.2, 0.25) is 5.91 Å². The zero-order valence-electron chi connectivity index (χ0n) is 14.1. The third-order valence-corrected chi connectivity index (χ3v) is 4.40. The fraction of sp³-hybridized carbons (Fsp3) is 0.263. The Kier molecular flexibility index (Phi) is 7.00. The second kappa shape index (κ2) is 8.99. The number of amides is 1. The van der Waals surface area contributed by atoms with Gasteiger partial charge in [0.25, 0.3) is 0 Å². The zero-order chi connectivity index (χ0) is 18.4. The van der Waals surface area contributed by atoms with Crippen LogP contribution in [0.5, 0.6) is 0 Å². The molecule has 2 rings (SSSR count). The third-order valence-electron chi connectivity index (χ3n) is 3.81. The first-order chi connectivity index (χ1) is 11.9. The van der Waals surface area contributed by atoms with E-state index in [0.717, 1.165) is 5.56 Å². The van der Waals surface area contributed by atoms with Crippen molar-refractivity contribution in [2.45, 2.75) is 26.3 Å². The molecular formula is C19H20Cl2N2O2. The van der Waals surface area contributed by atoms with Crippen LogP contribution in [0.2, 0.25) is 10.0 Å². The van der Waals surface area contributed by atoms with Gasteiger partial charge in [-0.3, -0.25) is 9.59 Å². The smallest absolute Gasteiger partial charge is 0.241 e. The lowest BCUT2D eigenvalue weighted by Gasteiger charge is -2.14. The van der Waals surface area contributed by atoms with Crippen LogP contribution < -0.4 is 10.6 Å². The Labute approximate surface area is 157 Å². The Hall–Kier alpha value is -1.88. The summed E-state index contributed by atoms with van der Waals surface area (Å²) in [6, 6.07) is 11.8. The van der Waals surface area contributed by atoms with Crippen LogP contribution in [-0.4, -0.2) is 24.3 Å². The molecule has 1 amide bonds. The molecule has 0 saturated heterocycles. The molecule has 2 N–H and O–H groups in total. The quantitative estimate of drug-likeness (QED) is 0.703. The number of rotatable bonds is 7. The van der Waals surface area contributed by atoms with Gasteiger partial charge < -0.3 is 10.6 Å². The predicted octanol–water partition coefficient (Wildman–Crippen LogP) is 4.36. The van der Waals surface area contributed by atoms with Gasteiger partial charge in [0.15, 0.2) is 5.78 Å². The number of benzene rings is 2. The van der Waals surface area contributed by atoms with Crippen molar-refractivity contribution in [1.82, 2.24) is 5.32 Å². The molecule has 6 heteroatoms. The summed E-state index contributed by atoms with van der Waals surface area (Å²) in [7, 11) is 0. The lowest BCUT2D eigenvalue weighted by Crippen LogP contribution is -2.39. The van der Waals surface area contributed by atoms with Crippen molar-refractivity contribution in [3.8, 4) is 0 Å². The van der Waals surface area contributed by atoms with Gasteiger partial charge in [-0.05, 0) is 68.8 Å². The van der Waals surface area contributed by atoms with Gasteiger partial charge in [-0.15, -0.1) is 0 Å². The summed E-state index contributed by atoms with van der Waals surface area (Å²) in [4.78, 5) is 23.5. The summed E-state index contributed by atoms with van der Waals surface area (Å²) in [5.74, 6) is -0.147. The van der Waals surface area contributed by atoms with E-state index in [0.29, 0.717) is 34.3 Å². The molecule has 0 aliphatic carbocycles. The van der Waals surface area contributed by atoms with Gasteiger partial charge in [0.1, 0.15) is 0 Å². The van der Waals surface area contributed by atoms with E-state index in [1.807, 2.05) is 6.07 Å². The average Bonchev–Trinajstić information content (AvgIpc) is 2.57. The van der Waals surface area contributed by atoms with Crippen LogP contribution in [0.25, 0.3) is 0 Å². The van der Waals surface area contributed by atoms with E-state index in [2.05, 4.69) is 10.6 Å². The maximum absolute atomic E-state index is 12.2. The van der Waals surface area contributed by atoms with Crippen LogP contribution in [0.3, 0.4) is 0 Å². The molecule has 0 radical (unpaired) electrons. The number of anilines is 1. The standard InChI is InChI=1S/C19H20Cl2N2O2/c1-12(22-10-9-15-3-6-16(20)11-18(15)21)19(25)23-17-7-4-14(5-8-17)13(2)24/h3-8,11-12,22H,9-10H2,1-2H3,(H,23,25)/t12-/m0/s1. The van der Waals surface area contributed by atoms with Gasteiger partial charge in [0.05, 0.1) is 6.04 Å². The summed E-state index contributed by atoms with van der Waals surface area (Å²) < 4.78 is 0. The molecule has 25 heavy (non-hydrogen) atoms. The van der Waals surface area contributed by atoms with E-state index in [1.165, 1.54) is 6.92 Å². The van der Waals surface area contributed by atoms with Crippen LogP contribution in [0.15, 0.2) is 42.5 Å². The Balaban J connectivity index is 1.82. The van der Waals surface area contributed by atoms with Gasteiger partial charge in [-0.2, -0.15) is 0 Å². The minimum Gasteiger partial charge on any atom is -0.325 e. The Bertz CT molecular complexity index is 761. The number of hydrogen-bond donors (Lipinski definition) is 2. The molecule has 0 aliphatic rings. The molecule has 0 fully saturated rings. The van der Waals surface area contributed by atoms with Crippen molar-refractivity contribution in [2.75, 3.05) is 11.9 Å². The zero-order valence-corrected chi connectivity index (χ0v) is 15.6. The molecule has 0 aromatic heterocycles. The molecule has 132 valence electrons. The molecule has 1 atom stereocenters. The van der Waals surface area contributed by atoms with Crippen molar-refractivity contribution >= 4 is 40.6 Å². The van der Waals surface area contributed by atoms with Crippen LogP contribution >= 0.6 is 23.2 Å². The van der Waals surface area contributed by atoms with E-state index < -0.39 is 0 Å². The second-order valence-electron chi connectivity index (χ2n) is 5.78. The largest absolute Gasteiger partial charge is 0.325 e. The fourth-order valence-electron chi connectivity index (χ4n) is 2.28. The fourth-order valence-corrected chi connectivity index (χ4v) is 2.78. The van der Waals surface area contributed by atoms with E-state index in [1.54, 1.807) is 43.3 Å². The first kappa shape index (κ1) is 19.4. The van der Waals surface area contributed by atoms with Gasteiger partial charge >= 0.3 is 0 Å². The van der Waals surface area contributed by atoms with Crippen LogP contribution in [-0.2, 0) is 11.2 Å². The normalized spacial score (nSPS) is 11.8. The highest BCUT2D eigenvalue weighted by Crippen LogP contribution is 2.21. The lowest BCUT2D eigenvalue weighted by molar-refractivity contribution is -0.117. The van der Waals surface area contributed by atoms with Crippen molar-refractivity contribution in [1.29, 1.82) is 0 Å². The molecule has 2 aromatic carbocycles. The molecule has 0 heterocycles. The number of nitrogens with one attached hydrogen (secondary N) is 2. The first-order valence-electron chi connectivity index (χ1n) is 7.96. The SMILES string of the molecule is CC(=O)c1ccc(NC(=O)[C@H](C)NCCc2ccc(Cl)cc2Cl)cc1. The number of carbonyl (C=O) groups excluding carboxylic acids is 2. The number of carbonyl (C=O) groups is 2. The van der Waals surface area contributed by atoms with E-state index >= 15 is 0 Å². The van der Waals surface area contributed by atoms with Crippen molar-refractivity contribution in [3.05, 3.63) is 63.6 Å². The monoisotopic (exact) mass is 378 g/mol. The van der Waals surface area contributed by atoms with Crippen LogP contribution in [0.1, 0.15) is 29.8 Å². The third kappa shape index (κ3) is 5.85. The summed E-state index contributed by atoms with van der Waals surface area (Å²) >= 11 is 12.0. The van der Waals surface area contributed by atoms with E-state index in [9.17, 15) is 9.59 Å². The summed E-state index contributed by atoms with van der Waals surface area (Å²) in [5, 5.41) is 7.21. The Morgan fingerprint density at radius 2 is 1.76 bits per heavy atom. The van der Waals surface area contributed by atoms with Gasteiger partial charge in [-0.25, -0.2) is 0 Å². The maximum Gasteiger partial charge on any atom is 0.241 e. The van der Waals surface area contributed by atoms with Crippen molar-refractivity contribution < 1.29 is 9.59 Å². The lowest BCUT2D eigenvalue weighted by atomic mass is 10.1. The molecule has 0 saturated carbocycles. The van der Waals surface area contributed by atoms with Gasteiger partial charge in [-0.1, -0.05) is 29.3 Å². The minimum atomic E-state index is -0.362. The van der Waals surface area contributed by atoms with Crippen LogP contribution in [0.4, 0.5) is 5.69 Å². The highest BCUT2D eigenvalue weighted by atomic mass is 35.5. The van der Waals surface area contributed by atoms with E-state index in [4.69, 9.17) is 23.2 Å². The second-order valence-corrected chi connectivity index (χ2v) is 6.63. The summed E-state index contributed by atoms with van der Waals surface area (Å²) in [5.41, 5.74) is 2.25. The van der Waals surface area contributed by atoms with Crippen LogP contribution in [0, 0.1) is 0 Å². The average molecular weight is 379 g/mol. The van der Waals surface area contributed by atoms with E-state index in [-0.39, 0.29) is 17.7 Å². The maximum atomic E-state index is 12.2. The highest BCUT2D eigenvalue weighted by molar-refractivity contribution is 6.35. The first-order valence-corrected chi connectivity index (χ1v) is 8.71. The predicted molar refractivity (Wildman–Crippen MR) is 103 cm³/mol. The highest BCUT2D eigenvalue weighted by Gasteiger charge is 2.12. The molecule has 4 nitrogen and oxygen atoms in total. The van der Waals surface area contributed by atoms with Crippen molar-refractivity contribution in [2.24, 2.45) is 0 Å². The minimum absolute atomic E-state index is 0.00577. The number of hydrogen-bond acceptors (Lipinski definition) is 3. The molecule has 2 aromatic rings. The Morgan fingerprint density at radius 1 is 1.08 bits per heavy atom. The Morgan fingerprint density at radius 3 is 2.36 bits per heavy atom. The number of ketones is 1. The molecule has 0 unspecified atom stereocenters. The number of Topliss-reactive ketones (excluding diaryl/α,β-unsaturated/α-hetero) is 1. The van der Waals surface area contributed by atoms with Crippen molar-refractivity contribution in [3.63, 3.8) is 0 Å². The number of halogens is 2. The topological polar surface area (TPSA) is 58.2 Å². The molecule has 0 aliphatic heterocycles.